The Labute approximate surface area is 236 Å². The smallest absolute Gasteiger partial charge is 0.352 e. The summed E-state index contributed by atoms with van der Waals surface area (Å²) in [6.07, 6.45) is -4.75. The predicted molar refractivity (Wildman–Crippen MR) is 147 cm³/mol. The summed E-state index contributed by atoms with van der Waals surface area (Å²) in [7, 11) is -4.49. The van der Waals surface area contributed by atoms with E-state index in [1.165, 1.54) is 42.2 Å². The number of nitrogens with one attached hydrogen (secondary N) is 1. The molecule has 0 fully saturated rings. The average Bonchev–Trinajstić information content (AvgIpc) is 2.89. The third kappa shape index (κ3) is 7.76. The molecular weight excluding hydrogens is 567 g/mol. The molecule has 12 heteroatoms. The molecule has 3 rings (SSSR count). The number of amides is 2. The summed E-state index contributed by atoms with van der Waals surface area (Å²) in [6.45, 7) is 4.01. The minimum Gasteiger partial charge on any atom is -0.352 e. The molecule has 0 aliphatic carbocycles. The van der Waals surface area contributed by atoms with Gasteiger partial charge in [0.05, 0.1) is 16.1 Å². The van der Waals surface area contributed by atoms with Crippen LogP contribution < -0.4 is 9.62 Å². The average molecular weight is 596 g/mol. The molecule has 0 aliphatic heterocycles. The van der Waals surface area contributed by atoms with Gasteiger partial charge in [-0.1, -0.05) is 48.0 Å². The Bertz CT molecular complexity index is 1450. The maximum atomic E-state index is 13.8. The minimum absolute atomic E-state index is 0.103. The highest BCUT2D eigenvalue weighted by Gasteiger charge is 2.35. The van der Waals surface area contributed by atoms with Crippen molar-refractivity contribution in [3.63, 3.8) is 0 Å². The number of alkyl halides is 3. The Morgan fingerprint density at radius 2 is 1.57 bits per heavy atom. The molecule has 0 bridgehead atoms. The van der Waals surface area contributed by atoms with Gasteiger partial charge in [0.15, 0.2) is 0 Å². The zero-order valence-electron chi connectivity index (χ0n) is 22.0. The van der Waals surface area contributed by atoms with Gasteiger partial charge in [-0.3, -0.25) is 13.9 Å². The molecule has 0 saturated heterocycles. The number of hydrogen-bond acceptors (Lipinski definition) is 4. The van der Waals surface area contributed by atoms with Gasteiger partial charge in [0.2, 0.25) is 11.8 Å². The van der Waals surface area contributed by atoms with Crippen LogP contribution in [0.1, 0.15) is 31.9 Å². The number of carbonyl (C=O) groups excluding carboxylic acids is 2. The first kappa shape index (κ1) is 31.0. The van der Waals surface area contributed by atoms with Gasteiger partial charge in [-0.05, 0) is 68.8 Å². The summed E-state index contributed by atoms with van der Waals surface area (Å²) in [5.41, 5.74) is -0.859. The second-order valence-corrected chi connectivity index (χ2v) is 11.7. The Balaban J connectivity index is 2.08. The van der Waals surface area contributed by atoms with Crippen molar-refractivity contribution in [3.05, 3.63) is 95.0 Å². The SMILES string of the molecule is CC(C)NC(=O)[C@@H](C)N(Cc1cccc(Cl)c1)C(=O)CN(c1cccc(C(F)(F)F)c1)S(=O)(=O)c1ccccc1. The van der Waals surface area contributed by atoms with Crippen molar-refractivity contribution < 1.29 is 31.2 Å². The molecule has 0 aliphatic rings. The number of halogens is 4. The van der Waals surface area contributed by atoms with Gasteiger partial charge in [0.25, 0.3) is 10.0 Å². The summed E-state index contributed by atoms with van der Waals surface area (Å²) >= 11 is 6.10. The molecule has 1 N–H and O–H groups in total. The first-order valence-electron chi connectivity index (χ1n) is 12.3. The summed E-state index contributed by atoms with van der Waals surface area (Å²) in [4.78, 5) is 27.6. The van der Waals surface area contributed by atoms with Crippen molar-refractivity contribution in [2.75, 3.05) is 10.8 Å². The molecule has 2 amide bonds. The number of anilines is 1. The molecule has 40 heavy (non-hydrogen) atoms. The van der Waals surface area contributed by atoms with E-state index in [4.69, 9.17) is 11.6 Å². The van der Waals surface area contributed by atoms with Crippen LogP contribution in [0, 0.1) is 0 Å². The number of rotatable bonds is 10. The first-order chi connectivity index (χ1) is 18.7. The number of benzene rings is 3. The molecule has 0 unspecified atom stereocenters. The summed E-state index contributed by atoms with van der Waals surface area (Å²) < 4.78 is 68.5. The standard InChI is InChI=1S/C28H29ClF3N3O4S/c1-19(2)33-27(37)20(3)34(17-21-9-7-11-23(29)15-21)26(36)18-35(40(38,39)25-13-5-4-6-14-25)24-12-8-10-22(16-24)28(30,31)32/h4-16,19-20H,17-18H2,1-3H3,(H,33,37)/t20-/m1/s1. The van der Waals surface area contributed by atoms with Crippen molar-refractivity contribution in [3.8, 4) is 0 Å². The summed E-state index contributed by atoms with van der Waals surface area (Å²) in [6, 6.07) is 16.1. The van der Waals surface area contributed by atoms with Crippen LogP contribution in [0.15, 0.2) is 83.8 Å². The van der Waals surface area contributed by atoms with Crippen LogP contribution in [-0.4, -0.2) is 43.8 Å². The molecule has 0 aromatic heterocycles. The number of hydrogen-bond donors (Lipinski definition) is 1. The molecule has 3 aromatic carbocycles. The van der Waals surface area contributed by atoms with Crippen molar-refractivity contribution in [2.45, 2.75) is 50.5 Å². The molecule has 1 atom stereocenters. The van der Waals surface area contributed by atoms with Gasteiger partial charge in [-0.25, -0.2) is 8.42 Å². The monoisotopic (exact) mass is 595 g/mol. The fourth-order valence-electron chi connectivity index (χ4n) is 3.91. The second kappa shape index (κ2) is 12.7. The molecule has 0 spiro atoms. The molecule has 0 saturated carbocycles. The van der Waals surface area contributed by atoms with E-state index in [9.17, 15) is 31.2 Å². The molecular formula is C28H29ClF3N3O4S. The van der Waals surface area contributed by atoms with E-state index in [0.717, 1.165) is 12.1 Å². The van der Waals surface area contributed by atoms with E-state index < -0.39 is 46.2 Å². The fraction of sp³-hybridized carbons (Fsp3) is 0.286. The summed E-state index contributed by atoms with van der Waals surface area (Å²) in [5.74, 6) is -1.29. The Kier molecular flexibility index (Phi) is 9.86. The van der Waals surface area contributed by atoms with Gasteiger partial charge in [-0.15, -0.1) is 0 Å². The van der Waals surface area contributed by atoms with Gasteiger partial charge in [0, 0.05) is 17.6 Å². The normalized spacial score (nSPS) is 12.6. The second-order valence-electron chi connectivity index (χ2n) is 9.36. The highest BCUT2D eigenvalue weighted by molar-refractivity contribution is 7.92. The Hall–Kier alpha value is -3.57. The minimum atomic E-state index is -4.75. The van der Waals surface area contributed by atoms with E-state index >= 15 is 0 Å². The maximum absolute atomic E-state index is 13.8. The van der Waals surface area contributed by atoms with E-state index in [0.29, 0.717) is 21.0 Å². The zero-order valence-corrected chi connectivity index (χ0v) is 23.6. The van der Waals surface area contributed by atoms with Crippen LogP contribution in [-0.2, 0) is 32.3 Å². The molecule has 0 radical (unpaired) electrons. The topological polar surface area (TPSA) is 86.8 Å². The number of carbonyl (C=O) groups is 2. The van der Waals surface area contributed by atoms with Gasteiger partial charge >= 0.3 is 6.18 Å². The van der Waals surface area contributed by atoms with Crippen LogP contribution in [0.4, 0.5) is 18.9 Å². The number of nitrogens with zero attached hydrogens (tertiary/aromatic N) is 2. The lowest BCUT2D eigenvalue weighted by molar-refractivity contribution is -0.139. The molecule has 214 valence electrons. The maximum Gasteiger partial charge on any atom is 0.416 e. The molecule has 0 heterocycles. The van der Waals surface area contributed by atoms with Crippen molar-refractivity contribution in [1.29, 1.82) is 0 Å². The van der Waals surface area contributed by atoms with Crippen LogP contribution in [0.25, 0.3) is 0 Å². The Morgan fingerprint density at radius 3 is 2.17 bits per heavy atom. The van der Waals surface area contributed by atoms with Gasteiger partial charge in [0.1, 0.15) is 12.6 Å². The largest absolute Gasteiger partial charge is 0.416 e. The fourth-order valence-corrected chi connectivity index (χ4v) is 5.55. The van der Waals surface area contributed by atoms with Crippen molar-refractivity contribution in [1.82, 2.24) is 10.2 Å². The van der Waals surface area contributed by atoms with E-state index in [2.05, 4.69) is 5.32 Å². The first-order valence-corrected chi connectivity index (χ1v) is 14.1. The third-order valence-electron chi connectivity index (χ3n) is 5.91. The van der Waals surface area contributed by atoms with E-state index in [-0.39, 0.29) is 23.2 Å². The highest BCUT2D eigenvalue weighted by Crippen LogP contribution is 2.33. The van der Waals surface area contributed by atoms with Crippen molar-refractivity contribution in [2.24, 2.45) is 0 Å². The lowest BCUT2D eigenvalue weighted by atomic mass is 10.1. The Morgan fingerprint density at radius 1 is 0.925 bits per heavy atom. The highest BCUT2D eigenvalue weighted by atomic mass is 35.5. The summed E-state index contributed by atoms with van der Waals surface area (Å²) in [5, 5.41) is 3.11. The van der Waals surface area contributed by atoms with Crippen LogP contribution in [0.2, 0.25) is 5.02 Å². The number of sulfonamides is 1. The van der Waals surface area contributed by atoms with Crippen molar-refractivity contribution >= 4 is 39.1 Å². The van der Waals surface area contributed by atoms with Crippen LogP contribution in [0.5, 0.6) is 0 Å². The molecule has 3 aromatic rings. The van der Waals surface area contributed by atoms with Gasteiger partial charge in [-0.2, -0.15) is 13.2 Å². The van der Waals surface area contributed by atoms with E-state index in [1.54, 1.807) is 44.2 Å². The lowest BCUT2D eigenvalue weighted by Gasteiger charge is -2.32. The lowest BCUT2D eigenvalue weighted by Crippen LogP contribution is -2.52. The van der Waals surface area contributed by atoms with Crippen LogP contribution >= 0.6 is 11.6 Å². The third-order valence-corrected chi connectivity index (χ3v) is 7.93. The van der Waals surface area contributed by atoms with E-state index in [1.807, 2.05) is 0 Å². The quantitative estimate of drug-likeness (QED) is 0.336. The van der Waals surface area contributed by atoms with Gasteiger partial charge < -0.3 is 10.2 Å². The zero-order chi connectivity index (χ0) is 29.7. The van der Waals surface area contributed by atoms with Crippen LogP contribution in [0.3, 0.4) is 0 Å². The predicted octanol–water partition coefficient (Wildman–Crippen LogP) is 5.50. The molecule has 7 nitrogen and oxygen atoms in total.